The van der Waals surface area contributed by atoms with Gasteiger partial charge in [0.25, 0.3) is 0 Å². The quantitative estimate of drug-likeness (QED) is 0.575. The molecule has 2 aromatic rings. The Bertz CT molecular complexity index is 1110. The first-order valence-corrected chi connectivity index (χ1v) is 12.3. The molecule has 34 heavy (non-hydrogen) atoms. The maximum absolute atomic E-state index is 14.8. The summed E-state index contributed by atoms with van der Waals surface area (Å²) in [6.45, 7) is 2.80. The molecular weight excluding hydrogens is 457 g/mol. The molecule has 2 fully saturated rings. The number of aryl methyl sites for hydroxylation is 1. The number of hydrogen-bond donors (Lipinski definition) is 1. The molecule has 0 bridgehead atoms. The van der Waals surface area contributed by atoms with Crippen LogP contribution < -0.4 is 0 Å². The van der Waals surface area contributed by atoms with E-state index in [2.05, 4.69) is 5.10 Å². The van der Waals surface area contributed by atoms with Gasteiger partial charge in [-0.25, -0.2) is 4.39 Å². The number of aliphatic carboxylic acids is 1. The number of carbonyl (C=O) groups excluding carboxylic acids is 2. The highest BCUT2D eigenvalue weighted by Gasteiger charge is 2.41. The molecule has 2 atom stereocenters. The molecule has 2 heterocycles. The molecule has 1 aliphatic carbocycles. The summed E-state index contributed by atoms with van der Waals surface area (Å²) in [5.74, 6) is -1.24. The zero-order chi connectivity index (χ0) is 24.2. The van der Waals surface area contributed by atoms with Crippen LogP contribution in [-0.4, -0.2) is 55.0 Å². The van der Waals surface area contributed by atoms with E-state index in [1.165, 1.54) is 24.8 Å². The molecule has 180 valence electrons. The van der Waals surface area contributed by atoms with Gasteiger partial charge in [-0.05, 0) is 43.0 Å². The van der Waals surface area contributed by atoms with Crippen LogP contribution in [0.25, 0.3) is 6.08 Å². The molecule has 0 amide bonds. The molecule has 0 spiro atoms. The van der Waals surface area contributed by atoms with Gasteiger partial charge in [0.2, 0.25) is 0 Å². The van der Waals surface area contributed by atoms with E-state index in [0.717, 1.165) is 18.4 Å². The first-order chi connectivity index (χ1) is 16.3. The first kappa shape index (κ1) is 24.3. The number of aromatic nitrogens is 2. The Balaban J connectivity index is 1.62. The molecule has 0 radical (unpaired) electrons. The van der Waals surface area contributed by atoms with Crippen LogP contribution in [0.3, 0.4) is 0 Å². The summed E-state index contributed by atoms with van der Waals surface area (Å²) >= 11 is 1.26. The summed E-state index contributed by atoms with van der Waals surface area (Å²) in [6, 6.07) is 7.59. The molecule has 4 rings (SSSR count). The summed E-state index contributed by atoms with van der Waals surface area (Å²) in [5, 5.41) is 13.3. The Labute approximate surface area is 202 Å². The number of benzene rings is 1. The van der Waals surface area contributed by atoms with E-state index >= 15 is 0 Å². The molecule has 9 heteroatoms. The van der Waals surface area contributed by atoms with E-state index in [9.17, 15) is 18.8 Å². The minimum absolute atomic E-state index is 0.0102. The van der Waals surface area contributed by atoms with Gasteiger partial charge in [0.05, 0.1) is 24.7 Å². The third-order valence-electron chi connectivity index (χ3n) is 6.15. The third-order valence-corrected chi connectivity index (χ3v) is 7.30. The summed E-state index contributed by atoms with van der Waals surface area (Å²) in [5.41, 5.74) is 2.00. The Hall–Kier alpha value is -2.78. The fraction of sp³-hybridized carbons (Fsp3) is 0.440. The number of hydrogen-bond acceptors (Lipinski definition) is 6. The smallest absolute Gasteiger partial charge is 0.305 e. The van der Waals surface area contributed by atoms with Crippen molar-refractivity contribution in [2.75, 3.05) is 13.1 Å². The Morgan fingerprint density at radius 1 is 1.24 bits per heavy atom. The number of thioether (sulfide) groups is 1. The lowest BCUT2D eigenvalue weighted by Gasteiger charge is -2.38. The van der Waals surface area contributed by atoms with E-state index in [4.69, 9.17) is 5.11 Å². The Morgan fingerprint density at radius 2 is 2.00 bits per heavy atom. The highest BCUT2D eigenvalue weighted by molar-refractivity contribution is 8.14. The molecule has 1 aliphatic heterocycles. The van der Waals surface area contributed by atoms with Crippen molar-refractivity contribution in [3.63, 3.8) is 0 Å². The van der Waals surface area contributed by atoms with Gasteiger partial charge in [-0.2, -0.15) is 5.10 Å². The average Bonchev–Trinajstić information content (AvgIpc) is 3.55. The van der Waals surface area contributed by atoms with Gasteiger partial charge in [-0.1, -0.05) is 30.0 Å². The lowest BCUT2D eigenvalue weighted by Crippen LogP contribution is -2.43. The number of ketones is 1. The SMILES string of the molecule is CC(=O)S[C@H]1CCN([C@@H](C(=O)C2CC2)c2ccccc2F)C/C1=C/c1ccn(CCC(=O)O)n1. The Morgan fingerprint density at radius 3 is 2.68 bits per heavy atom. The number of nitrogens with zero attached hydrogens (tertiary/aromatic N) is 3. The minimum atomic E-state index is -0.893. The highest BCUT2D eigenvalue weighted by Crippen LogP contribution is 2.40. The van der Waals surface area contributed by atoms with E-state index in [1.54, 1.807) is 35.1 Å². The average molecular weight is 486 g/mol. The summed E-state index contributed by atoms with van der Waals surface area (Å²) < 4.78 is 16.3. The van der Waals surface area contributed by atoms with E-state index in [-0.39, 0.29) is 40.8 Å². The summed E-state index contributed by atoms with van der Waals surface area (Å²) in [6.07, 6.45) is 5.94. The van der Waals surface area contributed by atoms with E-state index < -0.39 is 12.0 Å². The maximum Gasteiger partial charge on any atom is 0.305 e. The number of likely N-dealkylation sites (tertiary alicyclic amines) is 1. The van der Waals surface area contributed by atoms with Crippen LogP contribution in [0.5, 0.6) is 0 Å². The van der Waals surface area contributed by atoms with Crippen molar-refractivity contribution >= 4 is 34.7 Å². The monoisotopic (exact) mass is 485 g/mol. The van der Waals surface area contributed by atoms with Crippen LogP contribution in [0.15, 0.2) is 42.1 Å². The van der Waals surface area contributed by atoms with Crippen LogP contribution in [0.2, 0.25) is 0 Å². The van der Waals surface area contributed by atoms with E-state index in [0.29, 0.717) is 30.8 Å². The minimum Gasteiger partial charge on any atom is -0.481 e. The van der Waals surface area contributed by atoms with Gasteiger partial charge >= 0.3 is 5.97 Å². The second-order valence-electron chi connectivity index (χ2n) is 8.82. The van der Waals surface area contributed by atoms with E-state index in [1.807, 2.05) is 11.0 Å². The molecule has 0 unspecified atom stereocenters. The van der Waals surface area contributed by atoms with Crippen molar-refractivity contribution < 1.29 is 23.9 Å². The highest BCUT2D eigenvalue weighted by atomic mass is 32.2. The zero-order valence-corrected chi connectivity index (χ0v) is 19.8. The van der Waals surface area contributed by atoms with Crippen molar-refractivity contribution in [1.82, 2.24) is 14.7 Å². The molecule has 1 saturated heterocycles. The van der Waals surface area contributed by atoms with Gasteiger partial charge in [0.15, 0.2) is 10.9 Å². The number of carboxylic acid groups (broad SMARTS) is 1. The van der Waals surface area contributed by atoms with Crippen LogP contribution in [0, 0.1) is 11.7 Å². The first-order valence-electron chi connectivity index (χ1n) is 11.5. The molecule has 2 aliphatic rings. The second-order valence-corrected chi connectivity index (χ2v) is 10.2. The van der Waals surface area contributed by atoms with Crippen LogP contribution in [0.4, 0.5) is 4.39 Å². The number of carboxylic acids is 1. The number of Topliss-reactive ketones (excluding diaryl/α,β-unsaturated/α-hetero) is 1. The summed E-state index contributed by atoms with van der Waals surface area (Å²) in [4.78, 5) is 38.0. The lowest BCUT2D eigenvalue weighted by atomic mass is 9.93. The van der Waals surface area contributed by atoms with Crippen molar-refractivity contribution in [3.05, 3.63) is 59.2 Å². The topological polar surface area (TPSA) is 92.5 Å². The maximum atomic E-state index is 14.8. The normalized spacial score (nSPS) is 20.9. The summed E-state index contributed by atoms with van der Waals surface area (Å²) in [7, 11) is 0. The van der Waals surface area contributed by atoms with Crippen molar-refractivity contribution in [3.8, 4) is 0 Å². The van der Waals surface area contributed by atoms with Gasteiger partial charge in [-0.15, -0.1) is 0 Å². The van der Waals surface area contributed by atoms with Crippen LogP contribution in [0.1, 0.15) is 49.9 Å². The fourth-order valence-electron chi connectivity index (χ4n) is 4.37. The molecular formula is C25H28FN3O4S. The number of halogens is 1. The van der Waals surface area contributed by atoms with Gasteiger partial charge in [0.1, 0.15) is 5.82 Å². The number of piperidine rings is 1. The van der Waals surface area contributed by atoms with Gasteiger partial charge < -0.3 is 5.11 Å². The molecule has 1 N–H and O–H groups in total. The zero-order valence-electron chi connectivity index (χ0n) is 19.0. The standard InChI is InChI=1S/C25H28FN3O4S/c1-16(30)34-22-9-11-28(15-18(22)14-19-8-12-29(27-19)13-10-23(31)32)24(25(33)17-6-7-17)20-4-2-3-5-21(20)26/h2-5,8,12,14,17,22,24H,6-7,9-11,13,15H2,1H3,(H,31,32)/b18-14-/t22-,24+/m0/s1. The largest absolute Gasteiger partial charge is 0.481 e. The predicted octanol–water partition coefficient (Wildman–Crippen LogP) is 3.95. The van der Waals surface area contributed by atoms with Crippen LogP contribution >= 0.6 is 11.8 Å². The van der Waals surface area contributed by atoms with Crippen molar-refractivity contribution in [1.29, 1.82) is 0 Å². The molecule has 1 saturated carbocycles. The predicted molar refractivity (Wildman–Crippen MR) is 128 cm³/mol. The Kier molecular flexibility index (Phi) is 7.63. The van der Waals surface area contributed by atoms with Crippen LogP contribution in [-0.2, 0) is 20.9 Å². The second kappa shape index (κ2) is 10.7. The van der Waals surface area contributed by atoms with Crippen molar-refractivity contribution in [2.24, 2.45) is 5.92 Å². The molecule has 7 nitrogen and oxygen atoms in total. The van der Waals surface area contributed by atoms with Gasteiger partial charge in [-0.3, -0.25) is 24.0 Å². The van der Waals surface area contributed by atoms with Crippen molar-refractivity contribution in [2.45, 2.75) is 50.4 Å². The fourth-order valence-corrected chi connectivity index (χ4v) is 5.29. The number of carbonyl (C=O) groups is 3. The number of rotatable bonds is 9. The third kappa shape index (κ3) is 6.01. The molecule has 1 aromatic carbocycles. The lowest BCUT2D eigenvalue weighted by molar-refractivity contribution is -0.137. The van der Waals surface area contributed by atoms with Gasteiger partial charge in [0, 0.05) is 42.9 Å². The molecule has 1 aromatic heterocycles.